The third kappa shape index (κ3) is 5.33. The van der Waals surface area contributed by atoms with Gasteiger partial charge in [-0.15, -0.1) is 0 Å². The predicted octanol–water partition coefficient (Wildman–Crippen LogP) is 4.13. The lowest BCUT2D eigenvalue weighted by atomic mass is 10.1. The van der Waals surface area contributed by atoms with Gasteiger partial charge in [0.1, 0.15) is 24.5 Å². The van der Waals surface area contributed by atoms with Gasteiger partial charge in [0, 0.05) is 0 Å². The van der Waals surface area contributed by atoms with E-state index in [0.29, 0.717) is 36.0 Å². The monoisotopic (exact) mass is 472 g/mol. The van der Waals surface area contributed by atoms with E-state index in [-0.39, 0.29) is 5.57 Å². The fourth-order valence-electron chi connectivity index (χ4n) is 3.58. The Bertz CT molecular complexity index is 1290. The number of benzene rings is 3. The second-order valence-electron chi connectivity index (χ2n) is 7.66. The molecule has 0 atom stereocenters. The first kappa shape index (κ1) is 23.6. The first-order chi connectivity index (χ1) is 17.0. The summed E-state index contributed by atoms with van der Waals surface area (Å²) in [5.74, 6) is 0.197. The number of nitrogens with one attached hydrogen (secondary N) is 1. The fraction of sp³-hybridized carbons (Fsp3) is 0.148. The third-order valence-electron chi connectivity index (χ3n) is 5.31. The van der Waals surface area contributed by atoms with Crippen LogP contribution < -0.4 is 24.4 Å². The Morgan fingerprint density at radius 2 is 1.57 bits per heavy atom. The van der Waals surface area contributed by atoms with E-state index in [0.717, 1.165) is 16.2 Å². The molecule has 1 saturated heterocycles. The molecule has 0 aliphatic carbocycles. The van der Waals surface area contributed by atoms with Crippen LogP contribution in [0.15, 0.2) is 78.4 Å². The van der Waals surface area contributed by atoms with Crippen LogP contribution in [0.5, 0.6) is 17.2 Å². The molecule has 3 aromatic carbocycles. The molecule has 1 N–H and O–H groups in total. The van der Waals surface area contributed by atoms with E-state index >= 15 is 0 Å². The number of ether oxygens (including phenoxy) is 3. The molecule has 178 valence electrons. The predicted molar refractivity (Wildman–Crippen MR) is 131 cm³/mol. The number of anilines is 1. The van der Waals surface area contributed by atoms with E-state index in [1.54, 1.807) is 49.4 Å². The first-order valence-electron chi connectivity index (χ1n) is 10.9. The van der Waals surface area contributed by atoms with Gasteiger partial charge in [-0.25, -0.2) is 9.69 Å². The molecule has 0 bridgehead atoms. The lowest BCUT2D eigenvalue weighted by Crippen LogP contribution is -2.54. The average Bonchev–Trinajstić information content (AvgIpc) is 2.86. The second kappa shape index (κ2) is 10.6. The van der Waals surface area contributed by atoms with E-state index in [2.05, 4.69) is 5.32 Å². The molecule has 8 nitrogen and oxygen atoms in total. The quantitative estimate of drug-likeness (QED) is 0.301. The van der Waals surface area contributed by atoms with Gasteiger partial charge in [0.15, 0.2) is 11.5 Å². The molecule has 8 heteroatoms. The molecule has 1 aliphatic heterocycles. The summed E-state index contributed by atoms with van der Waals surface area (Å²) in [6.45, 7) is 2.42. The van der Waals surface area contributed by atoms with Crippen LogP contribution in [-0.4, -0.2) is 38.2 Å². The maximum absolute atomic E-state index is 13.1. The summed E-state index contributed by atoms with van der Waals surface area (Å²) in [6.07, 6.45) is 1.42. The Balaban J connectivity index is 1.50. The molecule has 0 aromatic heterocycles. The van der Waals surface area contributed by atoms with Crippen molar-refractivity contribution in [1.29, 1.82) is 0 Å². The van der Waals surface area contributed by atoms with Crippen LogP contribution in [0.1, 0.15) is 11.1 Å². The van der Waals surface area contributed by atoms with Gasteiger partial charge in [0.05, 0.1) is 12.8 Å². The van der Waals surface area contributed by atoms with E-state index in [9.17, 15) is 14.4 Å². The molecule has 35 heavy (non-hydrogen) atoms. The van der Waals surface area contributed by atoms with Crippen molar-refractivity contribution in [3.63, 3.8) is 0 Å². The van der Waals surface area contributed by atoms with E-state index in [1.165, 1.54) is 13.2 Å². The number of urea groups is 1. The number of barbiturate groups is 1. The van der Waals surface area contributed by atoms with Crippen LogP contribution in [0, 0.1) is 6.92 Å². The van der Waals surface area contributed by atoms with Crippen molar-refractivity contribution in [2.45, 2.75) is 6.92 Å². The normalized spacial score (nSPS) is 14.6. The van der Waals surface area contributed by atoms with Crippen LogP contribution in [0.2, 0.25) is 0 Å². The zero-order chi connectivity index (χ0) is 24.8. The summed E-state index contributed by atoms with van der Waals surface area (Å²) in [6, 6.07) is 20.6. The smallest absolute Gasteiger partial charge is 0.335 e. The molecule has 1 fully saturated rings. The molecule has 0 unspecified atom stereocenters. The lowest BCUT2D eigenvalue weighted by Gasteiger charge is -2.27. The number of imide groups is 2. The molecule has 4 rings (SSSR count). The van der Waals surface area contributed by atoms with Crippen LogP contribution in [0.25, 0.3) is 6.08 Å². The maximum Gasteiger partial charge on any atom is 0.335 e. The highest BCUT2D eigenvalue weighted by Crippen LogP contribution is 2.30. The summed E-state index contributed by atoms with van der Waals surface area (Å²) in [5.41, 5.74) is 1.50. The standard InChI is InChI=1S/C27H24N2O6/c1-18-8-6-7-11-22(18)29-26(31)21(25(30)28-27(29)32)16-19-12-13-23(24(17-19)33-2)35-15-14-34-20-9-4-3-5-10-20/h3-13,16-17H,14-15H2,1-2H3,(H,28,30,32)/b21-16+. The Kier molecular flexibility index (Phi) is 7.11. The molecular formula is C27H24N2O6. The SMILES string of the molecule is COc1cc(/C=C2\C(=O)NC(=O)N(c3ccccc3C)C2=O)ccc1OCCOc1ccccc1. The summed E-state index contributed by atoms with van der Waals surface area (Å²) >= 11 is 0. The van der Waals surface area contributed by atoms with Gasteiger partial charge in [-0.1, -0.05) is 42.5 Å². The number of amides is 4. The summed E-state index contributed by atoms with van der Waals surface area (Å²) in [7, 11) is 1.50. The molecule has 1 aliphatic rings. The molecule has 0 spiro atoms. The lowest BCUT2D eigenvalue weighted by molar-refractivity contribution is -0.122. The van der Waals surface area contributed by atoms with Gasteiger partial charge >= 0.3 is 6.03 Å². The number of methoxy groups -OCH3 is 1. The molecular weight excluding hydrogens is 448 g/mol. The minimum atomic E-state index is -0.787. The zero-order valence-corrected chi connectivity index (χ0v) is 19.3. The van der Waals surface area contributed by atoms with Gasteiger partial charge in [-0.05, 0) is 54.5 Å². The Hall–Kier alpha value is -4.59. The van der Waals surface area contributed by atoms with Gasteiger partial charge in [-0.3, -0.25) is 14.9 Å². The minimum Gasteiger partial charge on any atom is -0.493 e. The highest BCUT2D eigenvalue weighted by atomic mass is 16.5. The Labute approximate surface area is 202 Å². The second-order valence-corrected chi connectivity index (χ2v) is 7.66. The zero-order valence-electron chi connectivity index (χ0n) is 19.3. The minimum absolute atomic E-state index is 0.167. The Morgan fingerprint density at radius 1 is 0.857 bits per heavy atom. The number of carbonyl (C=O) groups is 3. The van der Waals surface area contributed by atoms with Crippen LogP contribution in [0.4, 0.5) is 10.5 Å². The number of para-hydroxylation sites is 2. The highest BCUT2D eigenvalue weighted by Gasteiger charge is 2.37. The van der Waals surface area contributed by atoms with Crippen molar-refractivity contribution in [2.75, 3.05) is 25.2 Å². The van der Waals surface area contributed by atoms with E-state index < -0.39 is 17.8 Å². The average molecular weight is 472 g/mol. The topological polar surface area (TPSA) is 94.2 Å². The fourth-order valence-corrected chi connectivity index (χ4v) is 3.58. The number of nitrogens with zero attached hydrogens (tertiary/aromatic N) is 1. The van der Waals surface area contributed by atoms with Crippen molar-refractivity contribution in [2.24, 2.45) is 0 Å². The molecule has 0 radical (unpaired) electrons. The Morgan fingerprint density at radius 3 is 2.31 bits per heavy atom. The van der Waals surface area contributed by atoms with E-state index in [4.69, 9.17) is 14.2 Å². The van der Waals surface area contributed by atoms with Crippen molar-refractivity contribution in [3.05, 3.63) is 89.5 Å². The summed E-state index contributed by atoms with van der Waals surface area (Å²) in [4.78, 5) is 39.0. The van der Waals surface area contributed by atoms with Crippen molar-refractivity contribution in [3.8, 4) is 17.2 Å². The van der Waals surface area contributed by atoms with Gasteiger partial charge in [0.25, 0.3) is 11.8 Å². The highest BCUT2D eigenvalue weighted by molar-refractivity contribution is 6.39. The number of carbonyl (C=O) groups excluding carboxylic acids is 3. The van der Waals surface area contributed by atoms with Crippen molar-refractivity contribution >= 4 is 29.6 Å². The maximum atomic E-state index is 13.1. The molecule has 1 heterocycles. The molecule has 0 saturated carbocycles. The first-order valence-corrected chi connectivity index (χ1v) is 10.9. The van der Waals surface area contributed by atoms with Crippen LogP contribution >= 0.6 is 0 Å². The van der Waals surface area contributed by atoms with Crippen LogP contribution in [0.3, 0.4) is 0 Å². The van der Waals surface area contributed by atoms with Gasteiger partial charge in [0.2, 0.25) is 0 Å². The molecule has 3 aromatic rings. The van der Waals surface area contributed by atoms with Gasteiger partial charge in [-0.2, -0.15) is 0 Å². The van der Waals surface area contributed by atoms with Crippen LogP contribution in [-0.2, 0) is 9.59 Å². The van der Waals surface area contributed by atoms with Gasteiger partial charge < -0.3 is 14.2 Å². The van der Waals surface area contributed by atoms with E-state index in [1.807, 2.05) is 30.3 Å². The molecule has 4 amide bonds. The summed E-state index contributed by atoms with van der Waals surface area (Å²) in [5, 5.41) is 2.23. The number of hydrogen-bond donors (Lipinski definition) is 1. The number of aryl methyl sites for hydroxylation is 1. The third-order valence-corrected chi connectivity index (χ3v) is 5.31. The van der Waals surface area contributed by atoms with Crippen molar-refractivity contribution < 1.29 is 28.6 Å². The summed E-state index contributed by atoms with van der Waals surface area (Å²) < 4.78 is 16.8. The number of hydrogen-bond acceptors (Lipinski definition) is 6. The van der Waals surface area contributed by atoms with Crippen molar-refractivity contribution in [1.82, 2.24) is 5.32 Å². The largest absolute Gasteiger partial charge is 0.493 e. The number of rotatable bonds is 8.